The zero-order valence-electron chi connectivity index (χ0n) is 20.1. The molecule has 2 aliphatic heterocycles. The summed E-state index contributed by atoms with van der Waals surface area (Å²) in [5.41, 5.74) is 7.48. The first-order valence-corrected chi connectivity index (χ1v) is 12.4. The van der Waals surface area contributed by atoms with Gasteiger partial charge in [-0.1, -0.05) is 24.3 Å². The molecule has 6 rings (SSSR count). The molecule has 0 amide bonds. The van der Waals surface area contributed by atoms with Crippen LogP contribution >= 0.6 is 0 Å². The number of fused-ring (bicyclic) bond motifs is 3. The number of nitrogens with one attached hydrogen (secondary N) is 2. The van der Waals surface area contributed by atoms with E-state index in [1.807, 2.05) is 12.1 Å². The number of aromatic nitrogens is 1. The number of piperazine rings is 1. The lowest BCUT2D eigenvalue weighted by molar-refractivity contribution is 0.246. The van der Waals surface area contributed by atoms with E-state index in [-0.39, 0.29) is 11.9 Å². The van der Waals surface area contributed by atoms with Crippen LogP contribution in [0.2, 0.25) is 0 Å². The van der Waals surface area contributed by atoms with Gasteiger partial charge >= 0.3 is 0 Å². The lowest BCUT2D eigenvalue weighted by Gasteiger charge is -2.36. The second-order valence-corrected chi connectivity index (χ2v) is 9.51. The molecular formula is C29H31FN4O. The summed E-state index contributed by atoms with van der Waals surface area (Å²) in [5.74, 6) is 0.744. The normalized spacial score (nSPS) is 18.6. The third kappa shape index (κ3) is 4.28. The lowest BCUT2D eigenvalue weighted by atomic mass is 9.93. The Morgan fingerprint density at radius 3 is 2.57 bits per heavy atom. The predicted molar refractivity (Wildman–Crippen MR) is 139 cm³/mol. The van der Waals surface area contributed by atoms with E-state index in [1.54, 1.807) is 7.11 Å². The molecule has 3 heterocycles. The molecule has 0 unspecified atom stereocenters. The minimum absolute atomic E-state index is 0.145. The highest BCUT2D eigenvalue weighted by Crippen LogP contribution is 2.35. The molecule has 180 valence electrons. The number of methoxy groups -OCH3 is 1. The number of benzene rings is 3. The van der Waals surface area contributed by atoms with Gasteiger partial charge in [0.15, 0.2) is 0 Å². The van der Waals surface area contributed by atoms with Crippen LogP contribution in [0, 0.1) is 5.82 Å². The van der Waals surface area contributed by atoms with Crippen LogP contribution in [-0.2, 0) is 13.0 Å². The highest BCUT2D eigenvalue weighted by Gasteiger charge is 2.26. The van der Waals surface area contributed by atoms with Gasteiger partial charge in [0.05, 0.1) is 13.2 Å². The molecule has 1 saturated heterocycles. The van der Waals surface area contributed by atoms with Gasteiger partial charge < -0.3 is 19.9 Å². The number of rotatable bonds is 5. The SMILES string of the molecule is COc1ccc([C@H]2NCCc3c2[nH]c2ccccc32)cc1CN1CCN(c2ccc(F)cc2)CC1. The topological polar surface area (TPSA) is 43.5 Å². The monoisotopic (exact) mass is 470 g/mol. The van der Waals surface area contributed by atoms with Gasteiger partial charge in [-0.3, -0.25) is 4.90 Å². The van der Waals surface area contributed by atoms with Crippen LogP contribution in [0.15, 0.2) is 66.7 Å². The average molecular weight is 471 g/mol. The molecule has 0 spiro atoms. The fourth-order valence-corrected chi connectivity index (χ4v) is 5.62. The Bertz CT molecular complexity index is 1320. The van der Waals surface area contributed by atoms with E-state index in [4.69, 9.17) is 4.74 Å². The van der Waals surface area contributed by atoms with Gasteiger partial charge in [-0.25, -0.2) is 4.39 Å². The number of aromatic amines is 1. The molecule has 4 aromatic rings. The van der Waals surface area contributed by atoms with Crippen LogP contribution in [0.5, 0.6) is 5.75 Å². The largest absolute Gasteiger partial charge is 0.496 e. The summed E-state index contributed by atoms with van der Waals surface area (Å²) in [4.78, 5) is 8.49. The number of para-hydroxylation sites is 1. The maximum atomic E-state index is 13.3. The Hall–Kier alpha value is -3.35. The first-order valence-electron chi connectivity index (χ1n) is 12.4. The van der Waals surface area contributed by atoms with Crippen molar-refractivity contribution in [2.24, 2.45) is 0 Å². The predicted octanol–water partition coefficient (Wildman–Crippen LogP) is 4.87. The highest BCUT2D eigenvalue weighted by atomic mass is 19.1. The Balaban J connectivity index is 1.21. The fourth-order valence-electron chi connectivity index (χ4n) is 5.62. The second kappa shape index (κ2) is 9.36. The number of hydrogen-bond donors (Lipinski definition) is 2. The Morgan fingerprint density at radius 2 is 1.77 bits per heavy atom. The summed E-state index contributed by atoms with van der Waals surface area (Å²) >= 11 is 0. The number of nitrogens with zero attached hydrogens (tertiary/aromatic N) is 2. The number of hydrogen-bond acceptors (Lipinski definition) is 4. The molecule has 2 N–H and O–H groups in total. The maximum absolute atomic E-state index is 13.3. The van der Waals surface area contributed by atoms with Crippen LogP contribution in [0.1, 0.15) is 28.4 Å². The van der Waals surface area contributed by atoms with Crippen LogP contribution in [0.3, 0.4) is 0 Å². The van der Waals surface area contributed by atoms with Crippen LogP contribution in [0.4, 0.5) is 10.1 Å². The fraction of sp³-hybridized carbons (Fsp3) is 0.310. The van der Waals surface area contributed by atoms with E-state index in [0.29, 0.717) is 0 Å². The van der Waals surface area contributed by atoms with Crippen molar-refractivity contribution in [2.75, 3.05) is 44.7 Å². The van der Waals surface area contributed by atoms with Crippen LogP contribution in [-0.4, -0.2) is 49.7 Å². The minimum atomic E-state index is -0.189. The molecule has 0 radical (unpaired) electrons. The second-order valence-electron chi connectivity index (χ2n) is 9.51. The molecule has 3 aromatic carbocycles. The van der Waals surface area contributed by atoms with Crippen molar-refractivity contribution in [2.45, 2.75) is 19.0 Å². The van der Waals surface area contributed by atoms with E-state index >= 15 is 0 Å². The molecule has 6 heteroatoms. The number of halogens is 1. The van der Waals surface area contributed by atoms with Gasteiger partial charge in [0.25, 0.3) is 0 Å². The zero-order valence-corrected chi connectivity index (χ0v) is 20.1. The summed E-state index contributed by atoms with van der Waals surface area (Å²) < 4.78 is 19.0. The Kier molecular flexibility index (Phi) is 5.92. The summed E-state index contributed by atoms with van der Waals surface area (Å²) in [5, 5.41) is 5.06. The molecule has 5 nitrogen and oxygen atoms in total. The van der Waals surface area contributed by atoms with Crippen molar-refractivity contribution in [3.8, 4) is 5.75 Å². The van der Waals surface area contributed by atoms with Crippen molar-refractivity contribution < 1.29 is 9.13 Å². The van der Waals surface area contributed by atoms with Gasteiger partial charge in [0.1, 0.15) is 11.6 Å². The van der Waals surface area contributed by atoms with Crippen molar-refractivity contribution in [3.05, 3.63) is 94.9 Å². The smallest absolute Gasteiger partial charge is 0.123 e. The molecule has 35 heavy (non-hydrogen) atoms. The van der Waals surface area contributed by atoms with Crippen molar-refractivity contribution in [3.63, 3.8) is 0 Å². The highest BCUT2D eigenvalue weighted by molar-refractivity contribution is 5.85. The molecule has 1 fully saturated rings. The first kappa shape index (κ1) is 22.1. The van der Waals surface area contributed by atoms with Gasteiger partial charge in [0.2, 0.25) is 0 Å². The minimum Gasteiger partial charge on any atom is -0.496 e. The Labute approximate surface area is 205 Å². The first-order chi connectivity index (χ1) is 17.2. The van der Waals surface area contributed by atoms with Gasteiger partial charge in [0, 0.05) is 67.1 Å². The quantitative estimate of drug-likeness (QED) is 0.437. The zero-order chi connectivity index (χ0) is 23.8. The van der Waals surface area contributed by atoms with E-state index in [2.05, 4.69) is 62.6 Å². The van der Waals surface area contributed by atoms with Gasteiger partial charge in [-0.05, 0) is 60.0 Å². The third-order valence-corrected chi connectivity index (χ3v) is 7.45. The molecular weight excluding hydrogens is 439 g/mol. The van der Waals surface area contributed by atoms with Crippen LogP contribution in [0.25, 0.3) is 10.9 Å². The summed E-state index contributed by atoms with van der Waals surface area (Å²) in [6.45, 7) is 5.58. The molecule has 0 bridgehead atoms. The van der Waals surface area contributed by atoms with E-state index < -0.39 is 0 Å². The molecule has 1 atom stereocenters. The molecule has 0 aliphatic carbocycles. The van der Waals surface area contributed by atoms with Gasteiger partial charge in [-0.15, -0.1) is 0 Å². The third-order valence-electron chi connectivity index (χ3n) is 7.45. The molecule has 1 aromatic heterocycles. The van der Waals surface area contributed by atoms with Gasteiger partial charge in [-0.2, -0.15) is 0 Å². The van der Waals surface area contributed by atoms with E-state index in [0.717, 1.165) is 57.1 Å². The van der Waals surface area contributed by atoms with Crippen molar-refractivity contribution in [1.82, 2.24) is 15.2 Å². The summed E-state index contributed by atoms with van der Waals surface area (Å²) in [6.07, 6.45) is 1.04. The number of H-pyrrole nitrogens is 1. The Morgan fingerprint density at radius 1 is 0.971 bits per heavy atom. The number of ether oxygens (including phenoxy) is 1. The van der Waals surface area contributed by atoms with Crippen LogP contribution < -0.4 is 15.0 Å². The van der Waals surface area contributed by atoms with E-state index in [1.165, 1.54) is 45.4 Å². The lowest BCUT2D eigenvalue weighted by Crippen LogP contribution is -2.46. The van der Waals surface area contributed by atoms with Crippen molar-refractivity contribution >= 4 is 16.6 Å². The molecule has 2 aliphatic rings. The summed E-state index contributed by atoms with van der Waals surface area (Å²) in [7, 11) is 1.75. The molecule has 0 saturated carbocycles. The van der Waals surface area contributed by atoms with E-state index in [9.17, 15) is 4.39 Å². The maximum Gasteiger partial charge on any atom is 0.123 e. The standard InChI is InChI=1S/C29H31FN4O/c1-35-27-11-6-20(28-29-25(12-13-31-28)24-4-2-3-5-26(24)32-29)18-21(27)19-33-14-16-34(17-15-33)23-9-7-22(30)8-10-23/h2-11,18,28,31-32H,12-17,19H2,1H3/t28-/m1/s1. The number of anilines is 1. The summed E-state index contributed by atoms with van der Waals surface area (Å²) in [6, 6.07) is 22.2. The average Bonchev–Trinajstić information content (AvgIpc) is 3.29. The van der Waals surface area contributed by atoms with Crippen molar-refractivity contribution in [1.29, 1.82) is 0 Å².